The van der Waals surface area contributed by atoms with Gasteiger partial charge in [-0.3, -0.25) is 9.59 Å². The Balaban J connectivity index is 1.45. The molecule has 2 saturated heterocycles. The monoisotopic (exact) mass is 598 g/mol. The first-order chi connectivity index (χ1) is 17.6. The summed E-state index contributed by atoms with van der Waals surface area (Å²) in [5.41, 5.74) is 1.30. The van der Waals surface area contributed by atoms with Gasteiger partial charge in [0.15, 0.2) is 0 Å². The second kappa shape index (κ2) is 11.7. The largest absolute Gasteiger partial charge is 0.450 e. The number of benzene rings is 1. The number of nitrogens with one attached hydrogen (secondary N) is 1. The first-order valence-electron chi connectivity index (χ1n) is 13.0. The number of hydrogen-bond acceptors (Lipinski definition) is 6. The third-order valence-corrected chi connectivity index (χ3v) is 9.67. The number of hydrogen-bond donors (Lipinski definition) is 1. The van der Waals surface area contributed by atoms with Crippen LogP contribution in [0.25, 0.3) is 0 Å². The van der Waals surface area contributed by atoms with Crippen LogP contribution in [-0.4, -0.2) is 80.9 Å². The number of fused-ring (bicyclic) bond motifs is 1. The van der Waals surface area contributed by atoms with E-state index in [0.717, 1.165) is 5.56 Å². The van der Waals surface area contributed by atoms with Crippen LogP contribution in [0.15, 0.2) is 21.5 Å². The number of likely N-dealkylation sites (tertiary alicyclic amines) is 1. The molecule has 1 N–H and O–H groups in total. The topological polar surface area (TPSA) is 116 Å². The van der Waals surface area contributed by atoms with Gasteiger partial charge in [-0.05, 0) is 56.7 Å². The molecule has 10 nitrogen and oxygen atoms in total. The van der Waals surface area contributed by atoms with Gasteiger partial charge < -0.3 is 19.9 Å². The molecule has 0 aromatic heterocycles. The van der Waals surface area contributed by atoms with Crippen molar-refractivity contribution in [1.29, 1.82) is 0 Å². The summed E-state index contributed by atoms with van der Waals surface area (Å²) in [6, 6.07) is 3.38. The number of ether oxygens (including phenoxy) is 1. The van der Waals surface area contributed by atoms with Crippen molar-refractivity contribution in [3.05, 3.63) is 22.2 Å². The van der Waals surface area contributed by atoms with Crippen molar-refractivity contribution in [1.82, 2.24) is 14.5 Å². The SMILES string of the molecule is CCOC(=O)N1CCC(NC(=O)[C@H]2CCCN(S(=O)(=O)c3cc(Br)cc4c3N(C(=O)CC)CC4)C2)CC1. The van der Waals surface area contributed by atoms with Crippen LogP contribution < -0.4 is 10.2 Å². The maximum Gasteiger partial charge on any atom is 0.409 e. The number of piperidine rings is 2. The van der Waals surface area contributed by atoms with Crippen LogP contribution >= 0.6 is 15.9 Å². The number of carbonyl (C=O) groups excluding carboxylic acids is 3. The van der Waals surface area contributed by atoms with Crippen LogP contribution in [0.4, 0.5) is 10.5 Å². The lowest BCUT2D eigenvalue weighted by Crippen LogP contribution is -2.51. The highest BCUT2D eigenvalue weighted by Gasteiger charge is 2.38. The molecule has 0 aliphatic carbocycles. The van der Waals surface area contributed by atoms with E-state index in [1.54, 1.807) is 29.7 Å². The third kappa shape index (κ3) is 5.96. The van der Waals surface area contributed by atoms with E-state index < -0.39 is 15.9 Å². The predicted molar refractivity (Wildman–Crippen MR) is 142 cm³/mol. The highest BCUT2D eigenvalue weighted by atomic mass is 79.9. The van der Waals surface area contributed by atoms with Gasteiger partial charge in [-0.15, -0.1) is 0 Å². The molecule has 1 aromatic carbocycles. The van der Waals surface area contributed by atoms with Gasteiger partial charge >= 0.3 is 6.09 Å². The van der Waals surface area contributed by atoms with Crippen LogP contribution in [0.1, 0.15) is 51.5 Å². The van der Waals surface area contributed by atoms with E-state index in [1.807, 2.05) is 6.07 Å². The third-order valence-electron chi connectivity index (χ3n) is 7.34. The number of halogens is 1. The molecule has 0 radical (unpaired) electrons. The average molecular weight is 600 g/mol. The van der Waals surface area contributed by atoms with E-state index in [2.05, 4.69) is 21.2 Å². The summed E-state index contributed by atoms with van der Waals surface area (Å²) in [6.45, 7) is 5.76. The standard InChI is InChI=1S/C25H35BrN4O6S/c1-3-22(31)30-13-7-17-14-19(26)15-21(23(17)30)37(34,35)29-10-5-6-18(16-29)24(32)27-20-8-11-28(12-9-20)25(33)36-4-2/h14-15,18,20H,3-13,16H2,1-2H3,(H,27,32)/t18-/m0/s1. The fourth-order valence-corrected chi connectivity index (χ4v) is 7.80. The van der Waals surface area contributed by atoms with Crippen molar-refractivity contribution in [2.45, 2.75) is 63.3 Å². The van der Waals surface area contributed by atoms with Crippen LogP contribution in [0.5, 0.6) is 0 Å². The van der Waals surface area contributed by atoms with E-state index in [9.17, 15) is 22.8 Å². The molecule has 2 fully saturated rings. The zero-order chi connectivity index (χ0) is 26.7. The summed E-state index contributed by atoms with van der Waals surface area (Å²) >= 11 is 3.44. The number of anilines is 1. The van der Waals surface area contributed by atoms with E-state index in [-0.39, 0.29) is 35.4 Å². The molecule has 3 aliphatic rings. The van der Waals surface area contributed by atoms with E-state index >= 15 is 0 Å². The lowest BCUT2D eigenvalue weighted by Gasteiger charge is -2.35. The average Bonchev–Trinajstić information content (AvgIpc) is 3.32. The molecule has 0 spiro atoms. The van der Waals surface area contributed by atoms with E-state index in [4.69, 9.17) is 4.74 Å². The Morgan fingerprint density at radius 3 is 2.49 bits per heavy atom. The molecule has 0 unspecified atom stereocenters. The van der Waals surface area contributed by atoms with Gasteiger partial charge in [-0.1, -0.05) is 22.9 Å². The summed E-state index contributed by atoms with van der Waals surface area (Å²) in [5.74, 6) is -0.723. The summed E-state index contributed by atoms with van der Waals surface area (Å²) in [5, 5.41) is 3.07. The zero-order valence-corrected chi connectivity index (χ0v) is 23.8. The Hall–Kier alpha value is -2.18. The van der Waals surface area contributed by atoms with E-state index in [1.165, 1.54) is 4.31 Å². The summed E-state index contributed by atoms with van der Waals surface area (Å²) in [7, 11) is -3.93. The second-order valence-corrected chi connectivity index (χ2v) is 12.6. The van der Waals surface area contributed by atoms with Crippen molar-refractivity contribution < 1.29 is 27.5 Å². The van der Waals surface area contributed by atoms with Crippen LogP contribution in [0.2, 0.25) is 0 Å². The number of sulfonamides is 1. The molecule has 12 heteroatoms. The molecule has 1 aromatic rings. The van der Waals surface area contributed by atoms with Crippen LogP contribution in [-0.2, 0) is 30.8 Å². The van der Waals surface area contributed by atoms with Crippen molar-refractivity contribution >= 4 is 49.5 Å². The molecule has 4 rings (SSSR count). The molecule has 204 valence electrons. The molecule has 3 heterocycles. The lowest BCUT2D eigenvalue weighted by atomic mass is 9.97. The predicted octanol–water partition coefficient (Wildman–Crippen LogP) is 2.89. The summed E-state index contributed by atoms with van der Waals surface area (Å²) in [6.07, 6.45) is 3.00. The highest BCUT2D eigenvalue weighted by molar-refractivity contribution is 9.10. The summed E-state index contributed by atoms with van der Waals surface area (Å²) in [4.78, 5) is 40.9. The Labute approximate surface area is 226 Å². The molecule has 3 aliphatic heterocycles. The highest BCUT2D eigenvalue weighted by Crippen LogP contribution is 2.39. The van der Waals surface area contributed by atoms with Gasteiger partial charge in [0, 0.05) is 49.7 Å². The van der Waals surface area contributed by atoms with Crippen LogP contribution in [0, 0.1) is 5.92 Å². The Kier molecular flexibility index (Phi) is 8.80. The molecule has 37 heavy (non-hydrogen) atoms. The van der Waals surface area contributed by atoms with Crippen molar-refractivity contribution in [3.8, 4) is 0 Å². The van der Waals surface area contributed by atoms with E-state index in [0.29, 0.717) is 81.5 Å². The van der Waals surface area contributed by atoms with Crippen molar-refractivity contribution in [2.24, 2.45) is 5.92 Å². The van der Waals surface area contributed by atoms with Gasteiger partial charge in [-0.25, -0.2) is 13.2 Å². The lowest BCUT2D eigenvalue weighted by molar-refractivity contribution is -0.127. The fourth-order valence-electron chi connectivity index (χ4n) is 5.36. The number of rotatable bonds is 6. The van der Waals surface area contributed by atoms with Crippen LogP contribution in [0.3, 0.4) is 0 Å². The normalized spacial score (nSPS) is 21.0. The quantitative estimate of drug-likeness (QED) is 0.538. The number of amides is 3. The maximum absolute atomic E-state index is 13.9. The molecular formula is C25H35BrN4O6S. The Morgan fingerprint density at radius 2 is 1.81 bits per heavy atom. The second-order valence-electron chi connectivity index (χ2n) is 9.73. The minimum Gasteiger partial charge on any atom is -0.450 e. The van der Waals surface area contributed by atoms with Gasteiger partial charge in [0.05, 0.1) is 18.2 Å². The number of carbonyl (C=O) groups is 3. The van der Waals surface area contributed by atoms with Gasteiger partial charge in [0.2, 0.25) is 21.8 Å². The first-order valence-corrected chi connectivity index (χ1v) is 15.2. The minimum absolute atomic E-state index is 0.0628. The number of nitrogens with zero attached hydrogens (tertiary/aromatic N) is 3. The summed E-state index contributed by atoms with van der Waals surface area (Å²) < 4.78 is 34.8. The zero-order valence-electron chi connectivity index (χ0n) is 21.4. The molecule has 0 saturated carbocycles. The molecule has 1 atom stereocenters. The smallest absolute Gasteiger partial charge is 0.409 e. The Morgan fingerprint density at radius 1 is 1.08 bits per heavy atom. The molecular weight excluding hydrogens is 564 g/mol. The first kappa shape index (κ1) is 27.8. The Bertz CT molecular complexity index is 1150. The van der Waals surface area contributed by atoms with Crippen molar-refractivity contribution in [3.63, 3.8) is 0 Å². The van der Waals surface area contributed by atoms with Gasteiger partial charge in [-0.2, -0.15) is 4.31 Å². The minimum atomic E-state index is -3.93. The van der Waals surface area contributed by atoms with Gasteiger partial charge in [0.25, 0.3) is 0 Å². The van der Waals surface area contributed by atoms with Crippen molar-refractivity contribution in [2.75, 3.05) is 44.2 Å². The fraction of sp³-hybridized carbons (Fsp3) is 0.640. The maximum atomic E-state index is 13.9. The molecule has 0 bridgehead atoms. The molecule has 3 amide bonds. The van der Waals surface area contributed by atoms with Gasteiger partial charge in [0.1, 0.15) is 4.90 Å².